The number of ether oxygens (including phenoxy) is 1. The molecule has 0 aliphatic heterocycles. The Morgan fingerprint density at radius 3 is 2.94 bits per heavy atom. The number of aromatic nitrogens is 2. The zero-order valence-electron chi connectivity index (χ0n) is 9.95. The Bertz CT molecular complexity index is 586. The van der Waals surface area contributed by atoms with Crippen LogP contribution in [-0.2, 0) is 17.8 Å². The lowest BCUT2D eigenvalue weighted by molar-refractivity contribution is 0.126. The molecule has 0 radical (unpaired) electrons. The fraction of sp³-hybridized carbons (Fsp3) is 0.214. The topological polar surface area (TPSA) is 26.5 Å². The lowest BCUT2D eigenvalue weighted by atomic mass is 10.2. The van der Waals surface area contributed by atoms with E-state index < -0.39 is 0 Å². The van der Waals surface area contributed by atoms with Gasteiger partial charge in [0, 0.05) is 18.6 Å². The Morgan fingerprint density at radius 2 is 2.11 bits per heavy atom. The molecule has 0 unspecified atom stereocenters. The molecule has 0 aliphatic carbocycles. The normalized spacial score (nSPS) is 11.1. The van der Waals surface area contributed by atoms with Gasteiger partial charge in [0.15, 0.2) is 4.96 Å². The summed E-state index contributed by atoms with van der Waals surface area (Å²) in [4.78, 5) is 6.48. The van der Waals surface area contributed by atoms with E-state index in [0.29, 0.717) is 6.61 Å². The van der Waals surface area contributed by atoms with E-state index in [4.69, 9.17) is 4.74 Å². The monoisotopic (exact) mass is 258 g/mol. The Labute approximate surface area is 110 Å². The van der Waals surface area contributed by atoms with Crippen LogP contribution >= 0.6 is 11.3 Å². The number of fused-ring (bicyclic) bond motifs is 1. The van der Waals surface area contributed by atoms with Crippen molar-refractivity contribution in [3.63, 3.8) is 0 Å². The first-order valence-electron chi connectivity index (χ1n) is 5.95. The van der Waals surface area contributed by atoms with Crippen molar-refractivity contribution >= 4 is 16.3 Å². The summed E-state index contributed by atoms with van der Waals surface area (Å²) < 4.78 is 7.72. The second-order valence-electron chi connectivity index (χ2n) is 4.10. The molecule has 3 rings (SSSR count). The summed E-state index contributed by atoms with van der Waals surface area (Å²) in [5, 5.41) is 0. The van der Waals surface area contributed by atoms with E-state index >= 15 is 0 Å². The van der Waals surface area contributed by atoms with E-state index in [2.05, 4.69) is 35.4 Å². The second kappa shape index (κ2) is 5.33. The highest BCUT2D eigenvalue weighted by Gasteiger charge is 2.02. The molecule has 0 saturated heterocycles. The summed E-state index contributed by atoms with van der Waals surface area (Å²) in [6.45, 7) is 1.42. The van der Waals surface area contributed by atoms with Gasteiger partial charge in [-0.15, -0.1) is 0 Å². The summed E-state index contributed by atoms with van der Waals surface area (Å²) in [5.41, 5.74) is 1.32. The van der Waals surface area contributed by atoms with Crippen molar-refractivity contribution in [3.8, 4) is 0 Å². The lowest BCUT2D eigenvalue weighted by Crippen LogP contribution is -1.97. The van der Waals surface area contributed by atoms with E-state index in [0.717, 1.165) is 18.0 Å². The molecule has 2 heterocycles. The standard InChI is InChI=1S/C14H14N2OS/c1-2-4-12(5-3-1)6-9-17-11-13-10-16-8-7-15-14(16)18-13/h1-5,7-8,10H,6,9,11H2. The van der Waals surface area contributed by atoms with Crippen molar-refractivity contribution in [1.82, 2.24) is 9.38 Å². The Morgan fingerprint density at radius 1 is 1.22 bits per heavy atom. The molecule has 0 fully saturated rings. The van der Waals surface area contributed by atoms with Gasteiger partial charge in [0.2, 0.25) is 0 Å². The number of thiazole rings is 1. The quantitative estimate of drug-likeness (QED) is 0.657. The van der Waals surface area contributed by atoms with Crippen LogP contribution < -0.4 is 0 Å². The molecule has 0 spiro atoms. The molecule has 3 nitrogen and oxygen atoms in total. The molecule has 4 heteroatoms. The van der Waals surface area contributed by atoms with Crippen molar-refractivity contribution in [2.45, 2.75) is 13.0 Å². The SMILES string of the molecule is c1ccc(CCOCc2cn3ccnc3s2)cc1. The van der Waals surface area contributed by atoms with Crippen LogP contribution in [0.2, 0.25) is 0 Å². The maximum atomic E-state index is 5.69. The van der Waals surface area contributed by atoms with Crippen LogP contribution in [0.5, 0.6) is 0 Å². The minimum absolute atomic E-state index is 0.668. The number of hydrogen-bond donors (Lipinski definition) is 0. The number of nitrogens with zero attached hydrogens (tertiary/aromatic N) is 2. The fourth-order valence-corrected chi connectivity index (χ4v) is 2.73. The van der Waals surface area contributed by atoms with Gasteiger partial charge < -0.3 is 4.74 Å². The van der Waals surface area contributed by atoms with Gasteiger partial charge in [0.05, 0.1) is 18.1 Å². The molecule has 18 heavy (non-hydrogen) atoms. The van der Waals surface area contributed by atoms with Crippen molar-refractivity contribution in [3.05, 3.63) is 59.4 Å². The fourth-order valence-electron chi connectivity index (χ4n) is 1.85. The summed E-state index contributed by atoms with van der Waals surface area (Å²) in [5.74, 6) is 0. The lowest BCUT2D eigenvalue weighted by Gasteiger charge is -2.02. The first kappa shape index (κ1) is 11.4. The zero-order chi connectivity index (χ0) is 12.2. The van der Waals surface area contributed by atoms with E-state index in [-0.39, 0.29) is 0 Å². The van der Waals surface area contributed by atoms with E-state index in [1.165, 1.54) is 10.4 Å². The smallest absolute Gasteiger partial charge is 0.193 e. The van der Waals surface area contributed by atoms with Gasteiger partial charge >= 0.3 is 0 Å². The van der Waals surface area contributed by atoms with Crippen LogP contribution in [0, 0.1) is 0 Å². The molecular weight excluding hydrogens is 244 g/mol. The van der Waals surface area contributed by atoms with Crippen LogP contribution in [-0.4, -0.2) is 16.0 Å². The van der Waals surface area contributed by atoms with Gasteiger partial charge in [0.25, 0.3) is 0 Å². The van der Waals surface area contributed by atoms with Crippen molar-refractivity contribution in [2.24, 2.45) is 0 Å². The number of hydrogen-bond acceptors (Lipinski definition) is 3. The molecule has 3 aromatic rings. The molecule has 1 aromatic carbocycles. The minimum atomic E-state index is 0.668. The first-order valence-corrected chi connectivity index (χ1v) is 6.76. The van der Waals surface area contributed by atoms with Gasteiger partial charge in [-0.25, -0.2) is 4.98 Å². The van der Waals surface area contributed by atoms with E-state index in [1.807, 2.05) is 22.9 Å². The zero-order valence-corrected chi connectivity index (χ0v) is 10.8. The molecule has 0 saturated carbocycles. The van der Waals surface area contributed by atoms with Crippen molar-refractivity contribution < 1.29 is 4.74 Å². The van der Waals surface area contributed by atoms with Gasteiger partial charge in [-0.2, -0.15) is 0 Å². The second-order valence-corrected chi connectivity index (χ2v) is 5.20. The summed E-state index contributed by atoms with van der Waals surface area (Å²) in [6.07, 6.45) is 6.81. The number of rotatable bonds is 5. The highest BCUT2D eigenvalue weighted by Crippen LogP contribution is 2.16. The van der Waals surface area contributed by atoms with Crippen LogP contribution in [0.1, 0.15) is 10.4 Å². The van der Waals surface area contributed by atoms with Crippen LogP contribution in [0.25, 0.3) is 4.96 Å². The molecule has 0 N–H and O–H groups in total. The van der Waals surface area contributed by atoms with Gasteiger partial charge in [-0.05, 0) is 12.0 Å². The molecule has 0 atom stereocenters. The highest BCUT2D eigenvalue weighted by atomic mass is 32.1. The Hall–Kier alpha value is -1.65. The summed E-state index contributed by atoms with van der Waals surface area (Å²) >= 11 is 1.68. The molecular formula is C14H14N2OS. The van der Waals surface area contributed by atoms with Crippen molar-refractivity contribution in [1.29, 1.82) is 0 Å². The Kier molecular flexibility index (Phi) is 3.39. The molecule has 0 aliphatic rings. The van der Waals surface area contributed by atoms with Gasteiger partial charge in [0.1, 0.15) is 0 Å². The van der Waals surface area contributed by atoms with Crippen LogP contribution in [0.15, 0.2) is 48.9 Å². The predicted molar refractivity (Wildman–Crippen MR) is 72.9 cm³/mol. The summed E-state index contributed by atoms with van der Waals surface area (Å²) in [6, 6.07) is 10.4. The molecule has 92 valence electrons. The average molecular weight is 258 g/mol. The van der Waals surface area contributed by atoms with E-state index in [9.17, 15) is 0 Å². The summed E-state index contributed by atoms with van der Waals surface area (Å²) in [7, 11) is 0. The van der Waals surface area contributed by atoms with Crippen LogP contribution in [0.3, 0.4) is 0 Å². The highest BCUT2D eigenvalue weighted by molar-refractivity contribution is 7.17. The third-order valence-electron chi connectivity index (χ3n) is 2.76. The van der Waals surface area contributed by atoms with Crippen LogP contribution in [0.4, 0.5) is 0 Å². The largest absolute Gasteiger partial charge is 0.376 e. The number of benzene rings is 1. The van der Waals surface area contributed by atoms with Crippen molar-refractivity contribution in [2.75, 3.05) is 6.61 Å². The maximum Gasteiger partial charge on any atom is 0.193 e. The average Bonchev–Trinajstić information content (AvgIpc) is 2.96. The third kappa shape index (κ3) is 2.60. The first-order chi connectivity index (χ1) is 8.92. The maximum absolute atomic E-state index is 5.69. The molecule has 2 aromatic heterocycles. The minimum Gasteiger partial charge on any atom is -0.376 e. The van der Waals surface area contributed by atoms with E-state index in [1.54, 1.807) is 11.3 Å². The molecule has 0 bridgehead atoms. The van der Waals surface area contributed by atoms with Gasteiger partial charge in [-0.1, -0.05) is 41.7 Å². The third-order valence-corrected chi connectivity index (χ3v) is 3.75. The molecule has 0 amide bonds. The number of imidazole rings is 1. The van der Waals surface area contributed by atoms with Gasteiger partial charge in [-0.3, -0.25) is 4.40 Å². The Balaban J connectivity index is 1.49. The predicted octanol–water partition coefficient (Wildman–Crippen LogP) is 3.16.